The average Bonchev–Trinajstić information content (AvgIpc) is 3.11. The molecule has 0 atom stereocenters. The normalized spacial score (nSPS) is 10.7. The van der Waals surface area contributed by atoms with E-state index >= 15 is 0 Å². The third-order valence-corrected chi connectivity index (χ3v) is 3.56. The fourth-order valence-corrected chi connectivity index (χ4v) is 2.32. The predicted octanol–water partition coefficient (Wildman–Crippen LogP) is 6.81. The first kappa shape index (κ1) is 27.0. The largest absolute Gasteiger partial charge is 3.00 e. The van der Waals surface area contributed by atoms with Crippen LogP contribution < -0.4 is 0 Å². The third kappa shape index (κ3) is 7.54. The van der Waals surface area contributed by atoms with Crippen LogP contribution in [-0.4, -0.2) is 4.98 Å². The summed E-state index contributed by atoms with van der Waals surface area (Å²) in [5.41, 5.74) is 3.39. The molecule has 0 saturated carbocycles. The number of halogens is 3. The Hall–Kier alpha value is -1.27. The van der Waals surface area contributed by atoms with Crippen molar-refractivity contribution in [1.82, 2.24) is 4.98 Å². The first-order valence-corrected chi connectivity index (χ1v) is 7.45. The summed E-state index contributed by atoms with van der Waals surface area (Å²) in [6, 6.07) is 20.7. The van der Waals surface area contributed by atoms with Crippen molar-refractivity contribution in [1.29, 1.82) is 0 Å². The van der Waals surface area contributed by atoms with Crippen molar-refractivity contribution in [3.05, 3.63) is 103 Å². The minimum atomic E-state index is 0. The molecule has 135 valence electrons. The van der Waals surface area contributed by atoms with E-state index in [1.54, 1.807) is 6.20 Å². The molecular weight excluding hydrogens is 425 g/mol. The number of hydrogen-bond acceptors (Lipinski definition) is 1. The van der Waals surface area contributed by atoms with Crippen molar-refractivity contribution in [2.75, 3.05) is 0 Å². The molecule has 0 N–H and O–H groups in total. The Labute approximate surface area is 184 Å². The van der Waals surface area contributed by atoms with E-state index in [1.165, 1.54) is 11.1 Å². The molecule has 2 aromatic carbocycles. The van der Waals surface area contributed by atoms with E-state index in [9.17, 15) is 0 Å². The van der Waals surface area contributed by atoms with E-state index in [-0.39, 0.29) is 49.6 Å². The van der Waals surface area contributed by atoms with Gasteiger partial charge in [0, 0.05) is 11.2 Å². The van der Waals surface area contributed by atoms with Gasteiger partial charge >= 0.3 is 17.4 Å². The van der Waals surface area contributed by atoms with Gasteiger partial charge in [-0.05, 0) is 17.6 Å². The molecule has 1 heterocycles. The standard InChI is InChI=1S/C11H8Cl.C9H6N.CH3.2ClH.Cr/c12-11-7-5-10(6-8-11)9-3-1-2-4-9;1-2-6-9-8(4-1)5-3-7-10-9;;;;/h3-8H,1H2;1-5,7H;1H3;2*1H;/q3*-1;;;+3. The summed E-state index contributed by atoms with van der Waals surface area (Å²) in [7, 11) is 0. The zero-order valence-electron chi connectivity index (χ0n) is 14.2. The van der Waals surface area contributed by atoms with Crippen LogP contribution in [0.3, 0.4) is 0 Å². The molecule has 1 aromatic heterocycles. The summed E-state index contributed by atoms with van der Waals surface area (Å²) >= 11 is 5.77. The summed E-state index contributed by atoms with van der Waals surface area (Å²) in [6.45, 7) is 0. The molecule has 1 nitrogen and oxygen atoms in total. The van der Waals surface area contributed by atoms with Gasteiger partial charge in [-0.1, -0.05) is 29.8 Å². The molecule has 0 spiro atoms. The third-order valence-electron chi connectivity index (χ3n) is 3.31. The maximum absolute atomic E-state index is 5.77. The summed E-state index contributed by atoms with van der Waals surface area (Å²) < 4.78 is 0. The molecule has 1 aliphatic carbocycles. The molecule has 0 saturated heterocycles. The topological polar surface area (TPSA) is 12.9 Å². The zero-order chi connectivity index (χ0) is 15.2. The zero-order valence-corrected chi connectivity index (χ0v) is 17.8. The van der Waals surface area contributed by atoms with E-state index in [0.717, 1.165) is 22.3 Å². The monoisotopic (exact) mass is 442 g/mol. The number of fused-ring (bicyclic) bond motifs is 1. The van der Waals surface area contributed by atoms with Crippen molar-refractivity contribution in [2.24, 2.45) is 0 Å². The molecule has 0 aliphatic heterocycles. The molecule has 0 unspecified atom stereocenters. The van der Waals surface area contributed by atoms with Gasteiger partial charge in [0.25, 0.3) is 0 Å². The Morgan fingerprint density at radius 2 is 1.65 bits per heavy atom. The van der Waals surface area contributed by atoms with Gasteiger partial charge < -0.3 is 7.43 Å². The van der Waals surface area contributed by atoms with Gasteiger partial charge in [0.05, 0.1) is 0 Å². The van der Waals surface area contributed by atoms with Crippen LogP contribution in [0.1, 0.15) is 12.0 Å². The fourth-order valence-electron chi connectivity index (χ4n) is 2.19. The van der Waals surface area contributed by atoms with Crippen LogP contribution in [0.2, 0.25) is 5.02 Å². The maximum atomic E-state index is 5.77. The van der Waals surface area contributed by atoms with Crippen molar-refractivity contribution in [3.63, 3.8) is 0 Å². The molecular formula is C21H19Cl3CrN. The first-order valence-electron chi connectivity index (χ1n) is 7.07. The number of hydrogen-bond donors (Lipinski definition) is 0. The van der Waals surface area contributed by atoms with Gasteiger partial charge in [-0.15, -0.1) is 48.3 Å². The molecule has 0 fully saturated rings. The molecule has 0 amide bonds. The van der Waals surface area contributed by atoms with Gasteiger partial charge in [-0.2, -0.15) is 35.9 Å². The second-order valence-electron chi connectivity index (χ2n) is 4.83. The Balaban J connectivity index is 0. The van der Waals surface area contributed by atoms with E-state index in [0.29, 0.717) is 0 Å². The first-order chi connectivity index (χ1) is 10.8. The van der Waals surface area contributed by atoms with Gasteiger partial charge in [-0.25, -0.2) is 6.08 Å². The van der Waals surface area contributed by atoms with Crippen molar-refractivity contribution < 1.29 is 17.4 Å². The Kier molecular flexibility index (Phi) is 14.4. The van der Waals surface area contributed by atoms with E-state index in [2.05, 4.69) is 23.2 Å². The number of nitrogens with zero attached hydrogens (tertiary/aromatic N) is 1. The van der Waals surface area contributed by atoms with Crippen LogP contribution in [-0.2, 0) is 17.4 Å². The van der Waals surface area contributed by atoms with Gasteiger partial charge in [-0.3, -0.25) is 11.1 Å². The van der Waals surface area contributed by atoms with E-state index in [1.807, 2.05) is 60.7 Å². The second-order valence-corrected chi connectivity index (χ2v) is 5.27. The summed E-state index contributed by atoms with van der Waals surface area (Å²) in [4.78, 5) is 4.13. The number of aromatic nitrogens is 1. The molecule has 26 heavy (non-hydrogen) atoms. The van der Waals surface area contributed by atoms with Gasteiger partial charge in [0.2, 0.25) is 0 Å². The summed E-state index contributed by atoms with van der Waals surface area (Å²) in [5, 5.41) is 1.93. The SMILES string of the molecule is Cl.Cl.Clc1ccc(C2=CC[C-]=C2)cc1.[CH3-].[Cr+3].[c-]1cccc2cccnc12. The Morgan fingerprint density at radius 3 is 2.27 bits per heavy atom. The van der Waals surface area contributed by atoms with Crippen molar-refractivity contribution in [2.45, 2.75) is 6.42 Å². The van der Waals surface area contributed by atoms with Crippen LogP contribution in [0.15, 0.2) is 72.9 Å². The smallest absolute Gasteiger partial charge is 0.358 e. The number of rotatable bonds is 1. The Bertz CT molecular complexity index is 765. The van der Waals surface area contributed by atoms with E-state index in [4.69, 9.17) is 11.6 Å². The number of pyridine rings is 1. The predicted molar refractivity (Wildman–Crippen MR) is 113 cm³/mol. The average molecular weight is 444 g/mol. The molecule has 0 bridgehead atoms. The summed E-state index contributed by atoms with van der Waals surface area (Å²) in [5.74, 6) is 0. The molecule has 5 heteroatoms. The number of allylic oxidation sites excluding steroid dienone is 4. The second kappa shape index (κ2) is 13.9. The molecule has 3 aromatic rings. The van der Waals surface area contributed by atoms with Crippen LogP contribution in [0.25, 0.3) is 16.5 Å². The molecule has 1 aliphatic rings. The van der Waals surface area contributed by atoms with Crippen molar-refractivity contribution >= 4 is 52.9 Å². The fraction of sp³-hybridized carbons (Fsp3) is 0.0476. The minimum Gasteiger partial charge on any atom is -0.358 e. The molecule has 4 rings (SSSR count). The molecule has 1 radical (unpaired) electrons. The van der Waals surface area contributed by atoms with E-state index < -0.39 is 0 Å². The number of para-hydroxylation sites is 1. The quantitative estimate of drug-likeness (QED) is 0.376. The maximum Gasteiger partial charge on any atom is 3.00 e. The Morgan fingerprint density at radius 1 is 0.962 bits per heavy atom. The number of benzene rings is 2. The van der Waals surface area contributed by atoms with Crippen LogP contribution in [0, 0.1) is 19.6 Å². The van der Waals surface area contributed by atoms with Crippen molar-refractivity contribution in [3.8, 4) is 0 Å². The van der Waals surface area contributed by atoms with Crippen LogP contribution in [0.4, 0.5) is 0 Å². The van der Waals surface area contributed by atoms with Gasteiger partial charge in [0.15, 0.2) is 0 Å². The minimum absolute atomic E-state index is 0. The van der Waals surface area contributed by atoms with Crippen LogP contribution >= 0.6 is 36.4 Å². The van der Waals surface area contributed by atoms with Gasteiger partial charge in [0.1, 0.15) is 0 Å². The van der Waals surface area contributed by atoms with Crippen LogP contribution in [0.5, 0.6) is 0 Å². The summed E-state index contributed by atoms with van der Waals surface area (Å²) in [6.07, 6.45) is 10.0.